The zero-order chi connectivity index (χ0) is 17.6. The van der Waals surface area contributed by atoms with Gasteiger partial charge in [-0.1, -0.05) is 6.42 Å². The van der Waals surface area contributed by atoms with Gasteiger partial charge in [0.1, 0.15) is 0 Å². The van der Waals surface area contributed by atoms with Crippen molar-refractivity contribution in [3.63, 3.8) is 0 Å². The van der Waals surface area contributed by atoms with Gasteiger partial charge in [-0.2, -0.15) is 8.78 Å². The van der Waals surface area contributed by atoms with E-state index in [4.69, 9.17) is 0 Å². The lowest BCUT2D eigenvalue weighted by atomic mass is 10.2. The van der Waals surface area contributed by atoms with E-state index in [1.54, 1.807) is 7.05 Å². The molecule has 0 saturated carbocycles. The minimum absolute atomic E-state index is 0.260. The van der Waals surface area contributed by atoms with E-state index in [-0.39, 0.29) is 12.8 Å². The summed E-state index contributed by atoms with van der Waals surface area (Å²) in [7, 11) is 1.57. The van der Waals surface area contributed by atoms with Crippen molar-refractivity contribution in [2.24, 2.45) is 0 Å². The Bertz CT molecular complexity index is 565. The fourth-order valence-electron chi connectivity index (χ4n) is 1.70. The smallest absolute Gasteiger partial charge is 0.311 e. The second-order valence-corrected chi connectivity index (χ2v) is 4.77. The number of rotatable bonds is 8. The largest absolute Gasteiger partial charge is 0.420 e. The van der Waals surface area contributed by atoms with Gasteiger partial charge in [0.2, 0.25) is 41.2 Å². The van der Waals surface area contributed by atoms with Gasteiger partial charge in [0.25, 0.3) is 0 Å². The van der Waals surface area contributed by atoms with Gasteiger partial charge in [-0.3, -0.25) is 9.59 Å². The third kappa shape index (κ3) is 4.90. The van der Waals surface area contributed by atoms with Crippen LogP contribution >= 0.6 is 0 Å². The molecule has 1 aromatic carbocycles. The molecule has 0 saturated heterocycles. The molecule has 0 aliphatic heterocycles. The van der Waals surface area contributed by atoms with Crippen molar-refractivity contribution in [1.29, 1.82) is 0 Å². The highest BCUT2D eigenvalue weighted by molar-refractivity contribution is 5.72. The van der Waals surface area contributed by atoms with Crippen molar-refractivity contribution in [3.8, 4) is 5.75 Å². The first-order chi connectivity index (χ1) is 10.8. The van der Waals surface area contributed by atoms with Crippen molar-refractivity contribution in [2.75, 3.05) is 13.6 Å². The molecule has 128 valence electrons. The van der Waals surface area contributed by atoms with Crippen molar-refractivity contribution in [3.05, 3.63) is 29.1 Å². The first-order valence-corrected chi connectivity index (χ1v) is 6.67. The number of benzene rings is 1. The molecule has 1 rings (SSSR count). The summed E-state index contributed by atoms with van der Waals surface area (Å²) < 4.78 is 69.5. The third-order valence-electron chi connectivity index (χ3n) is 2.96. The lowest BCUT2D eigenvalue weighted by molar-refractivity contribution is -0.135. The number of halogens is 5. The number of carbonyl (C=O) groups is 2. The molecule has 1 amide bonds. The van der Waals surface area contributed by atoms with Crippen LogP contribution in [-0.4, -0.2) is 30.9 Å². The number of hydrogen-bond donors (Lipinski definition) is 0. The highest BCUT2D eigenvalue weighted by Crippen LogP contribution is 2.29. The minimum Gasteiger partial charge on any atom is -0.420 e. The van der Waals surface area contributed by atoms with Crippen LogP contribution in [0.3, 0.4) is 0 Å². The third-order valence-corrected chi connectivity index (χ3v) is 2.96. The topological polar surface area (TPSA) is 46.6 Å². The molecular weight excluding hydrogens is 325 g/mol. The zero-order valence-corrected chi connectivity index (χ0v) is 12.2. The highest BCUT2D eigenvalue weighted by Gasteiger charge is 2.28. The molecule has 0 heterocycles. The van der Waals surface area contributed by atoms with Crippen molar-refractivity contribution < 1.29 is 36.3 Å². The van der Waals surface area contributed by atoms with E-state index in [0.29, 0.717) is 25.8 Å². The van der Waals surface area contributed by atoms with E-state index in [2.05, 4.69) is 4.74 Å². The van der Waals surface area contributed by atoms with E-state index in [9.17, 15) is 31.5 Å². The fourth-order valence-corrected chi connectivity index (χ4v) is 1.70. The molecular formula is C14H14F5NO3. The summed E-state index contributed by atoms with van der Waals surface area (Å²) in [5.41, 5.74) is 0. The number of esters is 1. The summed E-state index contributed by atoms with van der Waals surface area (Å²) in [4.78, 5) is 23.1. The van der Waals surface area contributed by atoms with E-state index in [1.807, 2.05) is 0 Å². The molecule has 0 bridgehead atoms. The maximum absolute atomic E-state index is 13.3. The van der Waals surface area contributed by atoms with Crippen molar-refractivity contribution in [1.82, 2.24) is 4.90 Å². The summed E-state index contributed by atoms with van der Waals surface area (Å²) in [5.74, 6) is -13.8. The van der Waals surface area contributed by atoms with Gasteiger partial charge in [-0.05, 0) is 12.8 Å². The summed E-state index contributed by atoms with van der Waals surface area (Å²) in [5, 5.41) is 0. The highest BCUT2D eigenvalue weighted by atomic mass is 19.2. The zero-order valence-electron chi connectivity index (χ0n) is 12.2. The van der Waals surface area contributed by atoms with Gasteiger partial charge in [0.15, 0.2) is 0 Å². The van der Waals surface area contributed by atoms with Crippen LogP contribution in [0.5, 0.6) is 5.75 Å². The number of ether oxygens (including phenoxy) is 1. The van der Waals surface area contributed by atoms with Crippen LogP contribution in [0.25, 0.3) is 0 Å². The van der Waals surface area contributed by atoms with Crippen molar-refractivity contribution in [2.45, 2.75) is 25.7 Å². The molecule has 0 fully saturated rings. The maximum Gasteiger partial charge on any atom is 0.311 e. The molecule has 0 aliphatic rings. The standard InChI is InChI=1S/C14H14F5NO3/c1-20(7-21)6-4-2-3-5-8(22)23-14-12(18)10(16)9(15)11(17)13(14)19/h7H,2-6H2,1H3. The molecule has 0 unspecified atom stereocenters. The summed E-state index contributed by atoms with van der Waals surface area (Å²) in [6, 6.07) is 0. The molecule has 0 aromatic heterocycles. The van der Waals surface area contributed by atoms with Gasteiger partial charge in [-0.15, -0.1) is 0 Å². The van der Waals surface area contributed by atoms with Gasteiger partial charge in [0, 0.05) is 20.0 Å². The average Bonchev–Trinajstić information content (AvgIpc) is 2.54. The average molecular weight is 339 g/mol. The molecule has 23 heavy (non-hydrogen) atoms. The SMILES string of the molecule is CN(C=O)CCCCCC(=O)Oc1c(F)c(F)c(F)c(F)c1F. The number of hydrogen-bond acceptors (Lipinski definition) is 3. The molecule has 0 N–H and O–H groups in total. The monoisotopic (exact) mass is 339 g/mol. The van der Waals surface area contributed by atoms with Gasteiger partial charge >= 0.3 is 5.97 Å². The number of amides is 1. The van der Waals surface area contributed by atoms with Crippen LogP contribution in [0.2, 0.25) is 0 Å². The van der Waals surface area contributed by atoms with Crippen LogP contribution in [0.1, 0.15) is 25.7 Å². The Kier molecular flexibility index (Phi) is 6.92. The fraction of sp³-hybridized carbons (Fsp3) is 0.429. The predicted molar refractivity (Wildman–Crippen MR) is 69.0 cm³/mol. The van der Waals surface area contributed by atoms with E-state index < -0.39 is 40.8 Å². The Hall–Kier alpha value is -2.19. The van der Waals surface area contributed by atoms with E-state index >= 15 is 0 Å². The minimum atomic E-state index is -2.32. The lowest BCUT2D eigenvalue weighted by Crippen LogP contribution is -2.17. The molecule has 9 heteroatoms. The normalized spacial score (nSPS) is 10.5. The summed E-state index contributed by atoms with van der Waals surface area (Å²) in [6.07, 6.45) is 1.76. The summed E-state index contributed by atoms with van der Waals surface area (Å²) >= 11 is 0. The Morgan fingerprint density at radius 2 is 1.48 bits per heavy atom. The molecule has 1 aromatic rings. The van der Waals surface area contributed by atoms with Gasteiger partial charge in [-0.25, -0.2) is 13.2 Å². The first-order valence-electron chi connectivity index (χ1n) is 6.67. The van der Waals surface area contributed by atoms with Gasteiger partial charge in [0.05, 0.1) is 0 Å². The Morgan fingerprint density at radius 1 is 0.957 bits per heavy atom. The number of nitrogens with zero attached hydrogens (tertiary/aromatic N) is 1. The lowest BCUT2D eigenvalue weighted by Gasteiger charge is -2.10. The second-order valence-electron chi connectivity index (χ2n) is 4.77. The van der Waals surface area contributed by atoms with Crippen LogP contribution < -0.4 is 4.74 Å². The maximum atomic E-state index is 13.3. The predicted octanol–water partition coefficient (Wildman–Crippen LogP) is 2.94. The van der Waals surface area contributed by atoms with Crippen LogP contribution in [0, 0.1) is 29.1 Å². The molecule has 0 spiro atoms. The molecule has 0 atom stereocenters. The summed E-state index contributed by atoms with van der Waals surface area (Å²) in [6.45, 7) is 0.468. The number of carbonyl (C=O) groups excluding carboxylic acids is 2. The van der Waals surface area contributed by atoms with E-state index in [1.165, 1.54) is 4.90 Å². The Morgan fingerprint density at radius 3 is 2.00 bits per heavy atom. The van der Waals surface area contributed by atoms with Gasteiger partial charge < -0.3 is 9.64 Å². The second kappa shape index (κ2) is 8.44. The first kappa shape index (κ1) is 18.9. The van der Waals surface area contributed by atoms with Crippen LogP contribution in [0.15, 0.2) is 0 Å². The van der Waals surface area contributed by atoms with E-state index in [0.717, 1.165) is 0 Å². The van der Waals surface area contributed by atoms with Crippen LogP contribution in [-0.2, 0) is 9.59 Å². The van der Waals surface area contributed by atoms with Crippen LogP contribution in [0.4, 0.5) is 22.0 Å². The molecule has 4 nitrogen and oxygen atoms in total. The Labute approximate surface area is 128 Å². The quantitative estimate of drug-likeness (QED) is 0.139. The molecule has 0 aliphatic carbocycles. The van der Waals surface area contributed by atoms with Crippen molar-refractivity contribution >= 4 is 12.4 Å². The number of unbranched alkanes of at least 4 members (excludes halogenated alkanes) is 2. The molecule has 0 radical (unpaired) electrons. The Balaban J connectivity index is 2.57.